The van der Waals surface area contributed by atoms with Gasteiger partial charge in [0.05, 0.1) is 13.7 Å². The average molecular weight is 234 g/mol. The Balaban J connectivity index is 0. The van der Waals surface area contributed by atoms with Crippen molar-refractivity contribution in [1.82, 2.24) is 0 Å². The summed E-state index contributed by atoms with van der Waals surface area (Å²) in [5.74, 6) is -0.415. The third-order valence-corrected chi connectivity index (χ3v) is 1.41. The molecule has 0 aliphatic carbocycles. The quantitative estimate of drug-likeness (QED) is 0.652. The largest absolute Gasteiger partial charge is 0.467 e. The number of hydrogen-bond donors (Lipinski definition) is 0. The summed E-state index contributed by atoms with van der Waals surface area (Å²) in [5, 5.41) is 0. The van der Waals surface area contributed by atoms with Crippen LogP contribution >= 0.6 is 0 Å². The van der Waals surface area contributed by atoms with Gasteiger partial charge >= 0.3 is 11.9 Å². The van der Waals surface area contributed by atoms with Gasteiger partial charge in [0, 0.05) is 13.5 Å². The SMILES string of the molecule is CCCOC(=O)CCC.COCC(=O)OC. The number of carbonyl (C=O) groups is 2. The van der Waals surface area contributed by atoms with E-state index in [2.05, 4.69) is 9.47 Å². The molecule has 96 valence electrons. The summed E-state index contributed by atoms with van der Waals surface area (Å²) in [5.41, 5.74) is 0. The molecule has 0 rings (SSSR count). The van der Waals surface area contributed by atoms with Crippen molar-refractivity contribution in [1.29, 1.82) is 0 Å². The van der Waals surface area contributed by atoms with E-state index in [9.17, 15) is 9.59 Å². The van der Waals surface area contributed by atoms with Crippen LogP contribution < -0.4 is 0 Å². The van der Waals surface area contributed by atoms with Crippen LogP contribution in [0.4, 0.5) is 0 Å². The molecule has 5 heteroatoms. The number of esters is 2. The lowest BCUT2D eigenvalue weighted by Crippen LogP contribution is -2.07. The van der Waals surface area contributed by atoms with Crippen LogP contribution in [0.25, 0.3) is 0 Å². The lowest BCUT2D eigenvalue weighted by atomic mass is 10.3. The van der Waals surface area contributed by atoms with Crippen LogP contribution in [-0.4, -0.2) is 39.4 Å². The lowest BCUT2D eigenvalue weighted by Gasteiger charge is -1.99. The van der Waals surface area contributed by atoms with Crippen LogP contribution in [0.5, 0.6) is 0 Å². The molecule has 0 fully saturated rings. The van der Waals surface area contributed by atoms with Gasteiger partial charge in [0.2, 0.25) is 0 Å². The van der Waals surface area contributed by atoms with Gasteiger partial charge in [0.25, 0.3) is 0 Å². The fraction of sp³-hybridized carbons (Fsp3) is 0.818. The van der Waals surface area contributed by atoms with Gasteiger partial charge in [-0.15, -0.1) is 0 Å². The van der Waals surface area contributed by atoms with Crippen molar-refractivity contribution in [2.45, 2.75) is 33.1 Å². The fourth-order valence-corrected chi connectivity index (χ4v) is 0.669. The maximum atomic E-state index is 10.6. The van der Waals surface area contributed by atoms with E-state index in [4.69, 9.17) is 4.74 Å². The average Bonchev–Trinajstić information content (AvgIpc) is 2.28. The van der Waals surface area contributed by atoms with Crippen LogP contribution in [0.1, 0.15) is 33.1 Å². The number of ether oxygens (including phenoxy) is 3. The molecule has 0 aliphatic rings. The van der Waals surface area contributed by atoms with Crippen molar-refractivity contribution in [3.8, 4) is 0 Å². The lowest BCUT2D eigenvalue weighted by molar-refractivity contribution is -0.145. The number of hydrogen-bond acceptors (Lipinski definition) is 5. The van der Waals surface area contributed by atoms with E-state index in [0.29, 0.717) is 13.0 Å². The van der Waals surface area contributed by atoms with Crippen LogP contribution in [0, 0.1) is 0 Å². The molecule has 0 aromatic carbocycles. The second-order valence-corrected chi connectivity index (χ2v) is 2.98. The minimum atomic E-state index is -0.345. The predicted molar refractivity (Wildman–Crippen MR) is 60.1 cm³/mol. The predicted octanol–water partition coefficient (Wildman–Crippen LogP) is 1.55. The maximum absolute atomic E-state index is 10.6. The van der Waals surface area contributed by atoms with Crippen molar-refractivity contribution < 1.29 is 23.8 Å². The summed E-state index contributed by atoms with van der Waals surface area (Å²) in [7, 11) is 2.76. The van der Waals surface area contributed by atoms with Gasteiger partial charge in [-0.05, 0) is 12.8 Å². The standard InChI is InChI=1S/C7H14O2.C4H8O3/c1-3-5-7(8)9-6-4-2;1-6-3-4(5)7-2/h3-6H2,1-2H3;3H2,1-2H3. The van der Waals surface area contributed by atoms with Crippen LogP contribution in [0.3, 0.4) is 0 Å². The van der Waals surface area contributed by atoms with Crippen molar-refractivity contribution in [3.05, 3.63) is 0 Å². The zero-order chi connectivity index (χ0) is 12.8. The molecule has 0 aliphatic heterocycles. The zero-order valence-corrected chi connectivity index (χ0v) is 10.6. The Morgan fingerprint density at radius 1 is 1.00 bits per heavy atom. The van der Waals surface area contributed by atoms with Crippen LogP contribution in [0.2, 0.25) is 0 Å². The first-order chi connectivity index (χ1) is 7.62. The van der Waals surface area contributed by atoms with Gasteiger partial charge in [0.1, 0.15) is 6.61 Å². The minimum absolute atomic E-state index is 0.0382. The van der Waals surface area contributed by atoms with E-state index in [1.165, 1.54) is 14.2 Å². The third kappa shape index (κ3) is 15.4. The van der Waals surface area contributed by atoms with Gasteiger partial charge < -0.3 is 14.2 Å². The molecule has 0 saturated carbocycles. The van der Waals surface area contributed by atoms with E-state index in [1.54, 1.807) is 0 Å². The van der Waals surface area contributed by atoms with E-state index in [1.807, 2.05) is 13.8 Å². The summed E-state index contributed by atoms with van der Waals surface area (Å²) >= 11 is 0. The first-order valence-corrected chi connectivity index (χ1v) is 5.33. The van der Waals surface area contributed by atoms with Gasteiger partial charge in [-0.1, -0.05) is 13.8 Å². The summed E-state index contributed by atoms with van der Waals surface area (Å²) in [6.07, 6.45) is 2.35. The molecule has 0 bridgehead atoms. The topological polar surface area (TPSA) is 61.8 Å². The highest BCUT2D eigenvalue weighted by Crippen LogP contribution is 1.91. The van der Waals surface area contributed by atoms with Crippen molar-refractivity contribution >= 4 is 11.9 Å². The molecule has 0 atom stereocenters. The van der Waals surface area contributed by atoms with Gasteiger partial charge in [-0.3, -0.25) is 4.79 Å². The van der Waals surface area contributed by atoms with Gasteiger partial charge in [0.15, 0.2) is 0 Å². The third-order valence-electron chi connectivity index (χ3n) is 1.41. The Hall–Kier alpha value is -1.10. The molecular weight excluding hydrogens is 212 g/mol. The molecule has 0 amide bonds. The fourth-order valence-electron chi connectivity index (χ4n) is 0.669. The Labute approximate surface area is 97.1 Å². The monoisotopic (exact) mass is 234 g/mol. The Bertz CT molecular complexity index is 179. The summed E-state index contributed by atoms with van der Waals surface area (Å²) in [6, 6.07) is 0. The van der Waals surface area contributed by atoms with E-state index in [0.717, 1.165) is 12.8 Å². The Morgan fingerprint density at radius 3 is 1.94 bits per heavy atom. The van der Waals surface area contributed by atoms with E-state index < -0.39 is 0 Å². The highest BCUT2D eigenvalue weighted by atomic mass is 16.6. The van der Waals surface area contributed by atoms with Crippen molar-refractivity contribution in [2.24, 2.45) is 0 Å². The second-order valence-electron chi connectivity index (χ2n) is 2.98. The highest BCUT2D eigenvalue weighted by Gasteiger charge is 1.96. The van der Waals surface area contributed by atoms with Gasteiger partial charge in [-0.2, -0.15) is 0 Å². The second kappa shape index (κ2) is 13.9. The first kappa shape index (κ1) is 17.3. The molecule has 0 aromatic heterocycles. The van der Waals surface area contributed by atoms with Crippen molar-refractivity contribution in [3.63, 3.8) is 0 Å². The number of rotatable bonds is 6. The van der Waals surface area contributed by atoms with Crippen LogP contribution in [0.15, 0.2) is 0 Å². The molecule has 0 radical (unpaired) electrons. The first-order valence-electron chi connectivity index (χ1n) is 5.33. The normalized spacial score (nSPS) is 8.75. The van der Waals surface area contributed by atoms with E-state index in [-0.39, 0.29) is 18.5 Å². The molecular formula is C11H22O5. The summed E-state index contributed by atoms with van der Waals surface area (Å²) in [6.45, 7) is 4.56. The Morgan fingerprint density at radius 2 is 1.62 bits per heavy atom. The van der Waals surface area contributed by atoms with E-state index >= 15 is 0 Å². The number of carbonyl (C=O) groups excluding carboxylic acids is 2. The van der Waals surface area contributed by atoms with Gasteiger partial charge in [-0.25, -0.2) is 4.79 Å². The van der Waals surface area contributed by atoms with Crippen LogP contribution in [-0.2, 0) is 23.8 Å². The number of methoxy groups -OCH3 is 2. The highest BCUT2D eigenvalue weighted by molar-refractivity contribution is 5.70. The molecule has 0 N–H and O–H groups in total. The molecule has 0 heterocycles. The molecule has 5 nitrogen and oxygen atoms in total. The molecule has 16 heavy (non-hydrogen) atoms. The molecule has 0 unspecified atom stereocenters. The van der Waals surface area contributed by atoms with Crippen molar-refractivity contribution in [2.75, 3.05) is 27.4 Å². The summed E-state index contributed by atoms with van der Waals surface area (Å²) < 4.78 is 13.4. The molecule has 0 aromatic rings. The smallest absolute Gasteiger partial charge is 0.331 e. The minimum Gasteiger partial charge on any atom is -0.467 e. The molecule has 0 saturated heterocycles. The Kier molecular flexibility index (Phi) is 15.0. The zero-order valence-electron chi connectivity index (χ0n) is 10.6. The molecule has 0 spiro atoms. The summed E-state index contributed by atoms with van der Waals surface area (Å²) in [4.78, 5) is 20.6. The maximum Gasteiger partial charge on any atom is 0.331 e.